The van der Waals surface area contributed by atoms with Crippen LogP contribution in [0.1, 0.15) is 15.9 Å². The van der Waals surface area contributed by atoms with Gasteiger partial charge in [-0.05, 0) is 48.0 Å². The molecule has 0 aliphatic carbocycles. The molecule has 3 aromatic rings. The molecule has 0 fully saturated rings. The van der Waals surface area contributed by atoms with Gasteiger partial charge in [0.25, 0.3) is 5.91 Å². The van der Waals surface area contributed by atoms with E-state index in [1.54, 1.807) is 6.07 Å². The van der Waals surface area contributed by atoms with Crippen molar-refractivity contribution in [3.05, 3.63) is 59.4 Å². The number of hydrogen-bond acceptors (Lipinski definition) is 4. The van der Waals surface area contributed by atoms with Crippen molar-refractivity contribution in [3.63, 3.8) is 0 Å². The summed E-state index contributed by atoms with van der Waals surface area (Å²) < 4.78 is 41.9. The molecule has 5 nitrogen and oxygen atoms in total. The van der Waals surface area contributed by atoms with E-state index in [4.69, 9.17) is 4.42 Å². The number of fused-ring (bicyclic) bond motifs is 1. The van der Waals surface area contributed by atoms with Gasteiger partial charge in [-0.15, -0.1) is 0 Å². The molecule has 0 aliphatic rings. The van der Waals surface area contributed by atoms with Crippen molar-refractivity contribution < 1.29 is 22.0 Å². The second-order valence-corrected chi connectivity index (χ2v) is 7.84. The number of amides is 1. The zero-order valence-corrected chi connectivity index (χ0v) is 14.4. The van der Waals surface area contributed by atoms with E-state index in [1.807, 2.05) is 0 Å². The highest BCUT2D eigenvalue weighted by Gasteiger charge is 2.22. The van der Waals surface area contributed by atoms with Gasteiger partial charge in [-0.3, -0.25) is 4.79 Å². The largest absolute Gasteiger partial charge is 0.455 e. The highest BCUT2D eigenvalue weighted by Crippen LogP contribution is 2.34. The van der Waals surface area contributed by atoms with Crippen LogP contribution in [0.4, 0.5) is 4.39 Å². The monoisotopic (exact) mass is 360 g/mol. The van der Waals surface area contributed by atoms with Crippen LogP contribution in [0, 0.1) is 11.9 Å². The fourth-order valence-corrected chi connectivity index (χ4v) is 3.33. The molecule has 0 saturated heterocycles. The molecule has 0 saturated carbocycles. The summed E-state index contributed by atoms with van der Waals surface area (Å²) in [7, 11) is -1.72. The first-order chi connectivity index (χ1) is 11.8. The van der Waals surface area contributed by atoms with E-state index in [1.165, 1.54) is 37.4 Å². The summed E-state index contributed by atoms with van der Waals surface area (Å²) in [4.78, 5) is 12.3. The molecule has 1 radical (unpaired) electrons. The Morgan fingerprint density at radius 1 is 1.28 bits per heavy atom. The second-order valence-electron chi connectivity index (χ2n) is 5.70. The molecule has 0 aliphatic heterocycles. The van der Waals surface area contributed by atoms with Gasteiger partial charge in [0, 0.05) is 24.3 Å². The molecule has 7 heteroatoms. The lowest BCUT2D eigenvalue weighted by atomic mass is 10.0. The minimum Gasteiger partial charge on any atom is -0.455 e. The molecular formula is C18H15FNO4S. The molecular weight excluding hydrogens is 345 g/mol. The topological polar surface area (TPSA) is 76.4 Å². The zero-order chi connectivity index (χ0) is 18.2. The van der Waals surface area contributed by atoms with Crippen LogP contribution in [-0.2, 0) is 15.6 Å². The van der Waals surface area contributed by atoms with E-state index >= 15 is 0 Å². The molecule has 0 atom stereocenters. The van der Waals surface area contributed by atoms with Crippen molar-refractivity contribution >= 4 is 26.7 Å². The van der Waals surface area contributed by atoms with E-state index in [0.717, 1.165) is 6.26 Å². The highest BCUT2D eigenvalue weighted by molar-refractivity contribution is 7.89. The van der Waals surface area contributed by atoms with Crippen LogP contribution in [0.5, 0.6) is 0 Å². The van der Waals surface area contributed by atoms with Crippen molar-refractivity contribution in [2.24, 2.45) is 0 Å². The van der Waals surface area contributed by atoms with Crippen LogP contribution in [0.2, 0.25) is 0 Å². The van der Waals surface area contributed by atoms with Crippen LogP contribution in [0.3, 0.4) is 0 Å². The van der Waals surface area contributed by atoms with Gasteiger partial charge < -0.3 is 9.73 Å². The molecule has 3 rings (SSSR count). The van der Waals surface area contributed by atoms with Crippen molar-refractivity contribution in [2.75, 3.05) is 13.3 Å². The van der Waals surface area contributed by atoms with Crippen molar-refractivity contribution in [1.29, 1.82) is 0 Å². The SMILES string of the molecule is CNC(=O)c1c(-c2ccc(F)cc2)oc2cc(CS(C)(=O)=O)[c]cc12. The molecule has 1 aromatic heterocycles. The summed E-state index contributed by atoms with van der Waals surface area (Å²) >= 11 is 0. The average Bonchev–Trinajstić information content (AvgIpc) is 2.91. The Kier molecular flexibility index (Phi) is 4.34. The van der Waals surface area contributed by atoms with E-state index in [0.29, 0.717) is 33.4 Å². The van der Waals surface area contributed by atoms with Crippen molar-refractivity contribution in [1.82, 2.24) is 5.32 Å². The van der Waals surface area contributed by atoms with Gasteiger partial charge in [0.2, 0.25) is 0 Å². The lowest BCUT2D eigenvalue weighted by Gasteiger charge is -2.02. The van der Waals surface area contributed by atoms with E-state index in [2.05, 4.69) is 11.4 Å². The summed E-state index contributed by atoms with van der Waals surface area (Å²) in [5, 5.41) is 3.06. The Morgan fingerprint density at radius 2 is 1.96 bits per heavy atom. The average molecular weight is 360 g/mol. The Morgan fingerprint density at radius 3 is 2.56 bits per heavy atom. The Balaban J connectivity index is 2.21. The van der Waals surface area contributed by atoms with E-state index in [-0.39, 0.29) is 11.7 Å². The number of carbonyl (C=O) groups is 1. The van der Waals surface area contributed by atoms with Crippen molar-refractivity contribution in [2.45, 2.75) is 5.75 Å². The van der Waals surface area contributed by atoms with E-state index in [9.17, 15) is 17.6 Å². The molecule has 0 unspecified atom stereocenters. The first kappa shape index (κ1) is 17.2. The van der Waals surface area contributed by atoms with Crippen LogP contribution in [-0.4, -0.2) is 27.6 Å². The molecule has 1 amide bonds. The van der Waals surface area contributed by atoms with Gasteiger partial charge in [0.15, 0.2) is 9.84 Å². The number of sulfone groups is 1. The Labute approximate surface area is 144 Å². The standard InChI is InChI=1S/C18H15FNO4S/c1-20-18(21)16-14-8-3-11(10-25(2,22)23)9-15(14)24-17(16)12-4-6-13(19)7-5-12/h4-9H,10H2,1-2H3,(H,20,21). The van der Waals surface area contributed by atoms with Crippen molar-refractivity contribution in [3.8, 4) is 11.3 Å². The molecule has 129 valence electrons. The number of benzene rings is 2. The maximum absolute atomic E-state index is 13.2. The van der Waals surface area contributed by atoms with Gasteiger partial charge in [-0.2, -0.15) is 0 Å². The predicted molar refractivity (Wildman–Crippen MR) is 92.4 cm³/mol. The summed E-state index contributed by atoms with van der Waals surface area (Å²) in [6.45, 7) is 0. The minimum absolute atomic E-state index is 0.176. The number of carbonyl (C=O) groups excluding carboxylic acids is 1. The maximum Gasteiger partial charge on any atom is 0.255 e. The number of furan rings is 1. The number of nitrogens with one attached hydrogen (secondary N) is 1. The third-order valence-electron chi connectivity index (χ3n) is 3.66. The minimum atomic E-state index is -3.22. The van der Waals surface area contributed by atoms with Gasteiger partial charge in [-0.25, -0.2) is 12.8 Å². The third kappa shape index (κ3) is 3.56. The number of halogens is 1. The number of hydrogen-bond donors (Lipinski definition) is 1. The van der Waals surface area contributed by atoms with E-state index < -0.39 is 15.7 Å². The van der Waals surface area contributed by atoms with Crippen LogP contribution in [0.15, 0.2) is 40.8 Å². The fraction of sp³-hybridized carbons (Fsp3) is 0.167. The normalized spacial score (nSPS) is 11.6. The lowest BCUT2D eigenvalue weighted by Crippen LogP contribution is -2.18. The molecule has 0 bridgehead atoms. The summed E-state index contributed by atoms with van der Waals surface area (Å²) in [6.07, 6.45) is 1.13. The first-order valence-corrected chi connectivity index (χ1v) is 9.47. The first-order valence-electron chi connectivity index (χ1n) is 7.41. The predicted octanol–water partition coefficient (Wildman–Crippen LogP) is 2.94. The molecule has 2 aromatic carbocycles. The van der Waals surface area contributed by atoms with Crippen LogP contribution < -0.4 is 5.32 Å². The summed E-state index contributed by atoms with van der Waals surface area (Å²) in [5.74, 6) is -0.642. The molecule has 1 N–H and O–H groups in total. The van der Waals surface area contributed by atoms with Crippen LogP contribution in [0.25, 0.3) is 22.3 Å². The van der Waals surface area contributed by atoms with Gasteiger partial charge in [-0.1, -0.05) is 0 Å². The third-order valence-corrected chi connectivity index (χ3v) is 4.49. The zero-order valence-electron chi connectivity index (χ0n) is 13.6. The molecule has 0 spiro atoms. The molecule has 25 heavy (non-hydrogen) atoms. The quantitative estimate of drug-likeness (QED) is 0.776. The van der Waals surface area contributed by atoms with Crippen LogP contribution >= 0.6 is 0 Å². The van der Waals surface area contributed by atoms with Gasteiger partial charge in [0.1, 0.15) is 17.2 Å². The van der Waals surface area contributed by atoms with Gasteiger partial charge in [0.05, 0.1) is 11.3 Å². The molecule has 1 heterocycles. The summed E-state index contributed by atoms with van der Waals surface area (Å²) in [6, 6.07) is 11.6. The second kappa shape index (κ2) is 6.33. The van der Waals surface area contributed by atoms with Gasteiger partial charge >= 0.3 is 0 Å². The number of rotatable bonds is 4. The lowest BCUT2D eigenvalue weighted by molar-refractivity contribution is 0.0964. The fourth-order valence-electron chi connectivity index (χ4n) is 2.60. The smallest absolute Gasteiger partial charge is 0.255 e. The Bertz CT molecular complexity index is 1050. The Hall–Kier alpha value is -2.67. The summed E-state index contributed by atoms with van der Waals surface area (Å²) in [5.41, 5.74) is 1.65. The highest BCUT2D eigenvalue weighted by atomic mass is 32.2. The maximum atomic E-state index is 13.2.